The molecule has 0 spiro atoms. The minimum atomic E-state index is -0.505. The molecule has 0 radical (unpaired) electrons. The fraction of sp³-hybridized carbons (Fsp3) is 0.562. The Morgan fingerprint density at radius 2 is 1.95 bits per heavy atom. The van der Waals surface area contributed by atoms with E-state index in [2.05, 4.69) is 38.2 Å². The van der Waals surface area contributed by atoms with Crippen molar-refractivity contribution in [1.82, 2.24) is 5.32 Å². The highest BCUT2D eigenvalue weighted by molar-refractivity contribution is 6.00. The molecule has 1 aliphatic heterocycles. The molecule has 1 atom stereocenters. The van der Waals surface area contributed by atoms with Crippen molar-refractivity contribution in [1.29, 1.82) is 0 Å². The summed E-state index contributed by atoms with van der Waals surface area (Å²) in [6.45, 7) is 11.0. The van der Waals surface area contributed by atoms with Gasteiger partial charge >= 0.3 is 0 Å². The highest BCUT2D eigenvalue weighted by Gasteiger charge is 2.36. The second-order valence-corrected chi connectivity index (χ2v) is 6.18. The van der Waals surface area contributed by atoms with Crippen LogP contribution in [0.15, 0.2) is 18.2 Å². The van der Waals surface area contributed by atoms with E-state index < -0.39 is 5.54 Å². The maximum atomic E-state index is 12.7. The predicted octanol–water partition coefficient (Wildman–Crippen LogP) is 2.80. The van der Waals surface area contributed by atoms with Crippen molar-refractivity contribution in [2.75, 3.05) is 11.4 Å². The lowest BCUT2D eigenvalue weighted by atomic mass is 10.0. The van der Waals surface area contributed by atoms with E-state index in [4.69, 9.17) is 0 Å². The van der Waals surface area contributed by atoms with Gasteiger partial charge in [-0.25, -0.2) is 0 Å². The van der Waals surface area contributed by atoms with E-state index in [9.17, 15) is 4.79 Å². The monoisotopic (exact) mass is 260 g/mol. The molecule has 1 heterocycles. The number of hydrogen-bond acceptors (Lipinski definition) is 2. The molecule has 2 rings (SSSR count). The number of amides is 1. The summed E-state index contributed by atoms with van der Waals surface area (Å²) in [4.78, 5) is 14.6. The number of carbonyl (C=O) groups excluding carboxylic acids is 1. The third-order valence-corrected chi connectivity index (χ3v) is 3.97. The zero-order chi connectivity index (χ0) is 14.2. The first-order valence-electron chi connectivity index (χ1n) is 6.98. The molecule has 19 heavy (non-hydrogen) atoms. The van der Waals surface area contributed by atoms with Crippen molar-refractivity contribution >= 4 is 11.6 Å². The van der Waals surface area contributed by atoms with E-state index in [0.29, 0.717) is 6.04 Å². The van der Waals surface area contributed by atoms with Crippen LogP contribution in [0.2, 0.25) is 0 Å². The second-order valence-electron chi connectivity index (χ2n) is 6.18. The van der Waals surface area contributed by atoms with Crippen LogP contribution in [-0.2, 0) is 4.79 Å². The minimum absolute atomic E-state index is 0.153. The average Bonchev–Trinajstić information content (AvgIpc) is 2.41. The predicted molar refractivity (Wildman–Crippen MR) is 79.6 cm³/mol. The van der Waals surface area contributed by atoms with Gasteiger partial charge in [-0.05, 0) is 64.3 Å². The van der Waals surface area contributed by atoms with Crippen LogP contribution in [0.4, 0.5) is 5.69 Å². The molecule has 3 heteroatoms. The Morgan fingerprint density at radius 1 is 1.26 bits per heavy atom. The van der Waals surface area contributed by atoms with Gasteiger partial charge in [-0.2, -0.15) is 0 Å². The van der Waals surface area contributed by atoms with Crippen molar-refractivity contribution in [3.63, 3.8) is 0 Å². The van der Waals surface area contributed by atoms with E-state index in [0.717, 1.165) is 18.7 Å². The van der Waals surface area contributed by atoms with Gasteiger partial charge in [-0.1, -0.05) is 6.07 Å². The molecular formula is C16H24N2O. The minimum Gasteiger partial charge on any atom is -0.311 e. The summed E-state index contributed by atoms with van der Waals surface area (Å²) in [5.41, 5.74) is 3.00. The molecule has 1 aromatic rings. The summed E-state index contributed by atoms with van der Waals surface area (Å²) >= 11 is 0. The fourth-order valence-electron chi connectivity index (χ4n) is 2.65. The number of rotatable bonds is 1. The van der Waals surface area contributed by atoms with Crippen LogP contribution < -0.4 is 10.2 Å². The molecule has 1 aliphatic rings. The topological polar surface area (TPSA) is 32.3 Å². The summed E-state index contributed by atoms with van der Waals surface area (Å²) < 4.78 is 0. The number of carbonyl (C=O) groups is 1. The molecular weight excluding hydrogens is 236 g/mol. The lowest BCUT2D eigenvalue weighted by molar-refractivity contribution is -0.123. The Kier molecular flexibility index (Phi) is 3.68. The number of aryl methyl sites for hydroxylation is 2. The quantitative estimate of drug-likeness (QED) is 0.842. The fourth-order valence-corrected chi connectivity index (χ4v) is 2.65. The van der Waals surface area contributed by atoms with Crippen LogP contribution in [0, 0.1) is 13.8 Å². The van der Waals surface area contributed by atoms with Gasteiger partial charge in [0.15, 0.2) is 0 Å². The van der Waals surface area contributed by atoms with Gasteiger partial charge in [0.05, 0.1) is 5.54 Å². The van der Waals surface area contributed by atoms with Crippen LogP contribution in [0.5, 0.6) is 0 Å². The Morgan fingerprint density at radius 3 is 2.58 bits per heavy atom. The highest BCUT2D eigenvalue weighted by atomic mass is 16.2. The van der Waals surface area contributed by atoms with Crippen molar-refractivity contribution < 1.29 is 4.79 Å². The zero-order valence-corrected chi connectivity index (χ0v) is 12.6. The Labute approximate surface area is 116 Å². The van der Waals surface area contributed by atoms with Crippen LogP contribution in [0.1, 0.15) is 38.3 Å². The second kappa shape index (κ2) is 4.97. The van der Waals surface area contributed by atoms with E-state index in [1.54, 1.807) is 0 Å². The van der Waals surface area contributed by atoms with Crippen molar-refractivity contribution in [2.45, 2.75) is 52.6 Å². The smallest absolute Gasteiger partial charge is 0.246 e. The molecule has 0 aliphatic carbocycles. The Balaban J connectivity index is 2.36. The number of benzene rings is 1. The summed E-state index contributed by atoms with van der Waals surface area (Å²) in [7, 11) is 0. The molecule has 3 nitrogen and oxygen atoms in total. The summed E-state index contributed by atoms with van der Waals surface area (Å²) in [6.07, 6.45) is 0.974. The largest absolute Gasteiger partial charge is 0.311 e. The molecule has 104 valence electrons. The first-order valence-corrected chi connectivity index (χ1v) is 6.98. The number of nitrogens with one attached hydrogen (secondary N) is 1. The SMILES string of the molecule is Cc1ccc(N2CCC(C)NC(C)(C)C2=O)cc1C. The normalized spacial score (nSPS) is 23.3. The van der Waals surface area contributed by atoms with Crippen LogP contribution in [-0.4, -0.2) is 24.0 Å². The molecule has 1 saturated heterocycles. The van der Waals surface area contributed by atoms with E-state index >= 15 is 0 Å². The lowest BCUT2D eigenvalue weighted by Crippen LogP contribution is -2.53. The first-order chi connectivity index (χ1) is 8.81. The van der Waals surface area contributed by atoms with Gasteiger partial charge in [0.1, 0.15) is 0 Å². The van der Waals surface area contributed by atoms with E-state index in [1.165, 1.54) is 11.1 Å². The standard InChI is InChI=1S/C16H24N2O/c1-11-6-7-14(10-12(11)2)18-9-8-13(3)17-16(4,5)15(18)19/h6-7,10,13,17H,8-9H2,1-5H3. The van der Waals surface area contributed by atoms with Gasteiger partial charge in [-0.15, -0.1) is 0 Å². The van der Waals surface area contributed by atoms with Gasteiger partial charge in [0.2, 0.25) is 5.91 Å². The van der Waals surface area contributed by atoms with E-state index in [-0.39, 0.29) is 5.91 Å². The van der Waals surface area contributed by atoms with E-state index in [1.807, 2.05) is 24.8 Å². The number of nitrogens with zero attached hydrogens (tertiary/aromatic N) is 1. The van der Waals surface area contributed by atoms with Crippen molar-refractivity contribution in [3.05, 3.63) is 29.3 Å². The molecule has 0 bridgehead atoms. The van der Waals surface area contributed by atoms with Crippen LogP contribution in [0.25, 0.3) is 0 Å². The molecule has 1 amide bonds. The summed E-state index contributed by atoms with van der Waals surface area (Å²) in [5, 5.41) is 3.40. The van der Waals surface area contributed by atoms with Crippen molar-refractivity contribution in [2.24, 2.45) is 0 Å². The summed E-state index contributed by atoms with van der Waals surface area (Å²) in [5.74, 6) is 0.153. The molecule has 0 saturated carbocycles. The Hall–Kier alpha value is -1.35. The van der Waals surface area contributed by atoms with Crippen molar-refractivity contribution in [3.8, 4) is 0 Å². The van der Waals surface area contributed by atoms with Gasteiger partial charge in [-0.3, -0.25) is 4.79 Å². The molecule has 1 fully saturated rings. The molecule has 1 aromatic carbocycles. The zero-order valence-electron chi connectivity index (χ0n) is 12.6. The lowest BCUT2D eigenvalue weighted by Gasteiger charge is -2.30. The first kappa shape index (κ1) is 14.1. The average molecular weight is 260 g/mol. The van der Waals surface area contributed by atoms with Gasteiger partial charge in [0, 0.05) is 18.3 Å². The third-order valence-electron chi connectivity index (χ3n) is 3.97. The number of hydrogen-bond donors (Lipinski definition) is 1. The maximum Gasteiger partial charge on any atom is 0.246 e. The van der Waals surface area contributed by atoms with Gasteiger partial charge in [0.25, 0.3) is 0 Å². The highest BCUT2D eigenvalue weighted by Crippen LogP contribution is 2.24. The number of anilines is 1. The molecule has 1 N–H and O–H groups in total. The summed E-state index contributed by atoms with van der Waals surface area (Å²) in [6, 6.07) is 6.61. The maximum absolute atomic E-state index is 12.7. The Bertz CT molecular complexity index is 494. The van der Waals surface area contributed by atoms with Gasteiger partial charge < -0.3 is 10.2 Å². The molecule has 1 unspecified atom stereocenters. The molecule has 0 aromatic heterocycles. The third kappa shape index (κ3) is 2.81. The van der Waals surface area contributed by atoms with Crippen LogP contribution in [0.3, 0.4) is 0 Å². The van der Waals surface area contributed by atoms with Crippen LogP contribution >= 0.6 is 0 Å².